The van der Waals surface area contributed by atoms with Crippen LogP contribution in [0.3, 0.4) is 0 Å². The Labute approximate surface area is 125 Å². The fraction of sp³-hybridized carbons (Fsp3) is 0.533. The number of nitrogens with zero attached hydrogens (tertiary/aromatic N) is 1. The Morgan fingerprint density at radius 3 is 2.29 bits per heavy atom. The van der Waals surface area contributed by atoms with E-state index in [9.17, 15) is 18.3 Å². The lowest BCUT2D eigenvalue weighted by molar-refractivity contribution is -0.142. The zero-order valence-corrected chi connectivity index (χ0v) is 13.4. The van der Waals surface area contributed by atoms with Crippen LogP contribution in [0.4, 0.5) is 0 Å². The first-order valence-corrected chi connectivity index (χ1v) is 8.51. The van der Waals surface area contributed by atoms with Crippen molar-refractivity contribution in [3.05, 3.63) is 28.8 Å². The van der Waals surface area contributed by atoms with Crippen LogP contribution in [0.1, 0.15) is 36.0 Å². The van der Waals surface area contributed by atoms with E-state index in [-0.39, 0.29) is 11.4 Å². The average Bonchev–Trinajstić information content (AvgIpc) is 2.37. The predicted molar refractivity (Wildman–Crippen MR) is 79.8 cm³/mol. The first kappa shape index (κ1) is 16.0. The molecule has 5 nitrogen and oxygen atoms in total. The maximum absolute atomic E-state index is 12.9. The van der Waals surface area contributed by atoms with Gasteiger partial charge in [0.2, 0.25) is 10.0 Å². The molecule has 1 aromatic rings. The molecule has 0 bridgehead atoms. The lowest BCUT2D eigenvalue weighted by Gasteiger charge is -2.32. The van der Waals surface area contributed by atoms with Gasteiger partial charge in [0, 0.05) is 6.54 Å². The maximum atomic E-state index is 12.9. The molecule has 0 aliphatic carbocycles. The third-order valence-corrected chi connectivity index (χ3v) is 6.12. The second-order valence-corrected chi connectivity index (χ2v) is 7.52. The Morgan fingerprint density at radius 1 is 1.19 bits per heavy atom. The lowest BCUT2D eigenvalue weighted by Crippen LogP contribution is -2.48. The van der Waals surface area contributed by atoms with E-state index >= 15 is 0 Å². The minimum Gasteiger partial charge on any atom is -0.480 e. The third kappa shape index (κ3) is 2.96. The van der Waals surface area contributed by atoms with Crippen molar-refractivity contribution in [3.63, 3.8) is 0 Å². The zero-order valence-electron chi connectivity index (χ0n) is 12.6. The van der Waals surface area contributed by atoms with Crippen LogP contribution in [0.25, 0.3) is 0 Å². The summed E-state index contributed by atoms with van der Waals surface area (Å²) in [7, 11) is -3.78. The van der Waals surface area contributed by atoms with Crippen molar-refractivity contribution in [2.45, 2.75) is 51.0 Å². The Kier molecular flexibility index (Phi) is 4.39. The summed E-state index contributed by atoms with van der Waals surface area (Å²) in [6, 6.07) is 2.68. The summed E-state index contributed by atoms with van der Waals surface area (Å²) in [5, 5.41) is 9.30. The molecule has 21 heavy (non-hydrogen) atoms. The molecule has 116 valence electrons. The number of aryl methyl sites for hydroxylation is 3. The largest absolute Gasteiger partial charge is 0.480 e. The van der Waals surface area contributed by atoms with Crippen LogP contribution >= 0.6 is 0 Å². The van der Waals surface area contributed by atoms with E-state index < -0.39 is 22.0 Å². The molecule has 1 aliphatic heterocycles. The van der Waals surface area contributed by atoms with Gasteiger partial charge < -0.3 is 5.11 Å². The molecular formula is C15H21NO4S. The number of benzene rings is 1. The van der Waals surface area contributed by atoms with Gasteiger partial charge in [-0.1, -0.05) is 17.7 Å². The quantitative estimate of drug-likeness (QED) is 0.929. The number of carboxylic acids is 1. The molecule has 1 aromatic carbocycles. The van der Waals surface area contributed by atoms with Crippen LogP contribution in [0, 0.1) is 20.8 Å². The summed E-state index contributed by atoms with van der Waals surface area (Å²) in [4.78, 5) is 11.6. The monoisotopic (exact) mass is 311 g/mol. The van der Waals surface area contributed by atoms with Gasteiger partial charge in [0.25, 0.3) is 0 Å². The summed E-state index contributed by atoms with van der Waals surface area (Å²) in [5.74, 6) is -1.07. The van der Waals surface area contributed by atoms with E-state index in [4.69, 9.17) is 0 Å². The average molecular weight is 311 g/mol. The second kappa shape index (κ2) is 5.77. The number of hydrogen-bond donors (Lipinski definition) is 1. The van der Waals surface area contributed by atoms with Gasteiger partial charge in [-0.3, -0.25) is 4.79 Å². The number of piperidine rings is 1. The summed E-state index contributed by atoms with van der Waals surface area (Å²) in [6.45, 7) is 5.70. The summed E-state index contributed by atoms with van der Waals surface area (Å²) in [5.41, 5.74) is 2.34. The zero-order chi connectivity index (χ0) is 15.8. The van der Waals surface area contributed by atoms with Crippen molar-refractivity contribution in [2.24, 2.45) is 0 Å². The number of carbonyl (C=O) groups is 1. The molecule has 1 saturated heterocycles. The molecular weight excluding hydrogens is 290 g/mol. The standard InChI is InChI=1S/C15H21NO4S/c1-10-8-11(2)14(12(3)9-10)21(19,20)16-7-5-4-6-13(16)15(17)18/h8-9,13H,4-7H2,1-3H3,(H,17,18). The Balaban J connectivity index is 2.53. The summed E-state index contributed by atoms with van der Waals surface area (Å²) in [6.07, 6.45) is 1.82. The molecule has 1 heterocycles. The third-order valence-electron chi connectivity index (χ3n) is 3.91. The van der Waals surface area contributed by atoms with Gasteiger partial charge in [0.05, 0.1) is 4.90 Å². The highest BCUT2D eigenvalue weighted by Gasteiger charge is 2.38. The lowest BCUT2D eigenvalue weighted by atomic mass is 10.1. The van der Waals surface area contributed by atoms with Gasteiger partial charge in [-0.15, -0.1) is 0 Å². The number of hydrogen-bond acceptors (Lipinski definition) is 3. The van der Waals surface area contributed by atoms with Crippen LogP contribution in [0.5, 0.6) is 0 Å². The highest BCUT2D eigenvalue weighted by atomic mass is 32.2. The number of rotatable bonds is 3. The van der Waals surface area contributed by atoms with Gasteiger partial charge in [-0.25, -0.2) is 8.42 Å². The highest BCUT2D eigenvalue weighted by molar-refractivity contribution is 7.89. The fourth-order valence-corrected chi connectivity index (χ4v) is 5.20. The van der Waals surface area contributed by atoms with E-state index in [0.29, 0.717) is 24.0 Å². The van der Waals surface area contributed by atoms with Crippen LogP contribution < -0.4 is 0 Å². The van der Waals surface area contributed by atoms with E-state index in [2.05, 4.69) is 0 Å². The Hall–Kier alpha value is -1.40. The first-order chi connectivity index (χ1) is 9.75. The molecule has 1 aliphatic rings. The summed E-state index contributed by atoms with van der Waals surface area (Å²) >= 11 is 0. The van der Waals surface area contributed by atoms with Crippen LogP contribution in [0.15, 0.2) is 17.0 Å². The van der Waals surface area contributed by atoms with Crippen molar-refractivity contribution in [1.29, 1.82) is 0 Å². The van der Waals surface area contributed by atoms with Crippen molar-refractivity contribution in [3.8, 4) is 0 Å². The normalized spacial score (nSPS) is 20.4. The van der Waals surface area contributed by atoms with Gasteiger partial charge in [0.1, 0.15) is 6.04 Å². The molecule has 2 rings (SSSR count). The minimum atomic E-state index is -3.78. The van der Waals surface area contributed by atoms with Crippen LogP contribution in [-0.4, -0.2) is 36.4 Å². The van der Waals surface area contributed by atoms with Gasteiger partial charge in [0.15, 0.2) is 0 Å². The van der Waals surface area contributed by atoms with Gasteiger partial charge in [-0.2, -0.15) is 4.31 Å². The van der Waals surface area contributed by atoms with E-state index in [1.807, 2.05) is 19.1 Å². The van der Waals surface area contributed by atoms with Crippen molar-refractivity contribution in [1.82, 2.24) is 4.31 Å². The molecule has 1 atom stereocenters. The smallest absolute Gasteiger partial charge is 0.322 e. The molecule has 0 saturated carbocycles. The first-order valence-electron chi connectivity index (χ1n) is 7.07. The molecule has 0 spiro atoms. The molecule has 0 radical (unpaired) electrons. The topological polar surface area (TPSA) is 74.7 Å². The number of sulfonamides is 1. The van der Waals surface area contributed by atoms with E-state index in [1.165, 1.54) is 0 Å². The van der Waals surface area contributed by atoms with Crippen LogP contribution in [-0.2, 0) is 14.8 Å². The van der Waals surface area contributed by atoms with E-state index in [1.54, 1.807) is 13.8 Å². The molecule has 0 aromatic heterocycles. The van der Waals surface area contributed by atoms with Crippen molar-refractivity contribution < 1.29 is 18.3 Å². The SMILES string of the molecule is Cc1cc(C)c(S(=O)(=O)N2CCCCC2C(=O)O)c(C)c1. The number of aliphatic carboxylic acids is 1. The van der Waals surface area contributed by atoms with Crippen molar-refractivity contribution >= 4 is 16.0 Å². The van der Waals surface area contributed by atoms with Crippen molar-refractivity contribution in [2.75, 3.05) is 6.54 Å². The van der Waals surface area contributed by atoms with Gasteiger partial charge in [-0.05, 0) is 51.2 Å². The molecule has 0 amide bonds. The highest BCUT2D eigenvalue weighted by Crippen LogP contribution is 2.30. The molecule has 6 heteroatoms. The minimum absolute atomic E-state index is 0.251. The second-order valence-electron chi connectivity index (χ2n) is 5.69. The fourth-order valence-electron chi connectivity index (χ4n) is 3.13. The predicted octanol–water partition coefficient (Wildman–Crippen LogP) is 2.24. The Bertz CT molecular complexity index is 643. The van der Waals surface area contributed by atoms with Crippen LogP contribution in [0.2, 0.25) is 0 Å². The maximum Gasteiger partial charge on any atom is 0.322 e. The number of carboxylic acid groups (broad SMARTS) is 1. The summed E-state index contributed by atoms with van der Waals surface area (Å²) < 4.78 is 27.0. The van der Waals surface area contributed by atoms with E-state index in [0.717, 1.165) is 16.3 Å². The molecule has 1 unspecified atom stereocenters. The van der Waals surface area contributed by atoms with Gasteiger partial charge >= 0.3 is 5.97 Å². The molecule has 1 N–H and O–H groups in total. The Morgan fingerprint density at radius 2 is 1.76 bits per heavy atom. The molecule has 1 fully saturated rings.